The average molecular weight is 315 g/mol. The highest BCUT2D eigenvalue weighted by atomic mass is 16.5. The molecule has 0 spiro atoms. The van der Waals surface area contributed by atoms with Gasteiger partial charge in [0.05, 0.1) is 12.7 Å². The molecule has 0 saturated carbocycles. The number of carboxylic acids is 1. The molecule has 6 heteroatoms. The summed E-state index contributed by atoms with van der Waals surface area (Å²) in [6, 6.07) is 12.9. The lowest BCUT2D eigenvalue weighted by molar-refractivity contribution is -0.122. The van der Waals surface area contributed by atoms with E-state index in [0.29, 0.717) is 17.2 Å². The summed E-state index contributed by atoms with van der Waals surface area (Å²) in [5, 5.41) is 11.6. The van der Waals surface area contributed by atoms with Crippen molar-refractivity contribution in [2.24, 2.45) is 0 Å². The number of rotatable bonds is 6. The van der Waals surface area contributed by atoms with Crippen LogP contribution in [0.25, 0.3) is 0 Å². The lowest BCUT2D eigenvalue weighted by Gasteiger charge is -2.15. The molecule has 6 nitrogen and oxygen atoms in total. The van der Waals surface area contributed by atoms with Gasteiger partial charge in [-0.1, -0.05) is 12.1 Å². The highest BCUT2D eigenvalue weighted by Gasteiger charge is 2.15. The molecule has 1 unspecified atom stereocenters. The third-order valence-corrected chi connectivity index (χ3v) is 3.10. The third kappa shape index (κ3) is 4.47. The number of hydrogen-bond acceptors (Lipinski definition) is 4. The minimum atomic E-state index is -1.05. The second kappa shape index (κ2) is 7.31. The number of benzene rings is 2. The van der Waals surface area contributed by atoms with Crippen molar-refractivity contribution in [3.8, 4) is 11.5 Å². The number of carboxylic acid groups (broad SMARTS) is 1. The van der Waals surface area contributed by atoms with Crippen LogP contribution < -0.4 is 14.8 Å². The van der Waals surface area contributed by atoms with Crippen molar-refractivity contribution in [2.75, 3.05) is 12.4 Å². The number of carbonyl (C=O) groups excluding carboxylic acids is 1. The third-order valence-electron chi connectivity index (χ3n) is 3.10. The van der Waals surface area contributed by atoms with Gasteiger partial charge in [0.2, 0.25) is 0 Å². The first kappa shape index (κ1) is 16.4. The highest BCUT2D eigenvalue weighted by molar-refractivity contribution is 5.96. The van der Waals surface area contributed by atoms with Crippen LogP contribution in [0.4, 0.5) is 5.69 Å². The maximum Gasteiger partial charge on any atom is 0.335 e. The minimum Gasteiger partial charge on any atom is -0.497 e. The largest absolute Gasteiger partial charge is 0.497 e. The quantitative estimate of drug-likeness (QED) is 0.856. The van der Waals surface area contributed by atoms with Crippen molar-refractivity contribution in [3.05, 3.63) is 54.1 Å². The Morgan fingerprint density at radius 3 is 2.48 bits per heavy atom. The van der Waals surface area contributed by atoms with E-state index in [1.165, 1.54) is 12.1 Å². The SMILES string of the molecule is COc1cccc(OC(C)C(=O)Nc2cccc(C(=O)O)c2)c1. The van der Waals surface area contributed by atoms with Gasteiger partial charge in [-0.15, -0.1) is 0 Å². The molecule has 0 aliphatic carbocycles. The Bertz CT molecular complexity index is 714. The fourth-order valence-corrected chi connectivity index (χ4v) is 1.91. The molecule has 0 radical (unpaired) electrons. The Labute approximate surface area is 133 Å². The first-order chi connectivity index (χ1) is 11.0. The second-order valence-electron chi connectivity index (χ2n) is 4.81. The van der Waals surface area contributed by atoms with Crippen molar-refractivity contribution in [2.45, 2.75) is 13.0 Å². The number of amides is 1. The maximum atomic E-state index is 12.1. The van der Waals surface area contributed by atoms with Crippen LogP contribution >= 0.6 is 0 Å². The van der Waals surface area contributed by atoms with Gasteiger partial charge in [-0.3, -0.25) is 4.79 Å². The maximum absolute atomic E-state index is 12.1. The van der Waals surface area contributed by atoms with Crippen LogP contribution in [0.3, 0.4) is 0 Å². The Morgan fingerprint density at radius 2 is 1.78 bits per heavy atom. The van der Waals surface area contributed by atoms with Crippen LogP contribution in [-0.2, 0) is 4.79 Å². The molecule has 0 bridgehead atoms. The highest BCUT2D eigenvalue weighted by Crippen LogP contribution is 2.20. The van der Waals surface area contributed by atoms with Gasteiger partial charge >= 0.3 is 5.97 Å². The van der Waals surface area contributed by atoms with E-state index in [1.807, 2.05) is 0 Å². The van der Waals surface area contributed by atoms with Crippen LogP contribution in [0.2, 0.25) is 0 Å². The molecular weight excluding hydrogens is 298 g/mol. The number of aromatic carboxylic acids is 1. The van der Waals surface area contributed by atoms with Gasteiger partial charge < -0.3 is 19.9 Å². The molecule has 2 aromatic rings. The van der Waals surface area contributed by atoms with Crippen molar-refractivity contribution in [1.29, 1.82) is 0 Å². The Kier molecular flexibility index (Phi) is 5.19. The van der Waals surface area contributed by atoms with Gasteiger partial charge in [-0.25, -0.2) is 4.79 Å². The van der Waals surface area contributed by atoms with Crippen LogP contribution in [0.15, 0.2) is 48.5 Å². The van der Waals surface area contributed by atoms with Gasteiger partial charge in [0.1, 0.15) is 11.5 Å². The number of nitrogens with one attached hydrogen (secondary N) is 1. The van der Waals surface area contributed by atoms with E-state index in [-0.39, 0.29) is 11.5 Å². The van der Waals surface area contributed by atoms with E-state index >= 15 is 0 Å². The van der Waals surface area contributed by atoms with E-state index in [1.54, 1.807) is 50.4 Å². The molecule has 0 saturated heterocycles. The van der Waals surface area contributed by atoms with E-state index in [4.69, 9.17) is 14.6 Å². The molecule has 2 aromatic carbocycles. The monoisotopic (exact) mass is 315 g/mol. The average Bonchev–Trinajstić information content (AvgIpc) is 2.55. The molecule has 1 amide bonds. The van der Waals surface area contributed by atoms with Gasteiger partial charge in [-0.2, -0.15) is 0 Å². The summed E-state index contributed by atoms with van der Waals surface area (Å²) in [4.78, 5) is 23.1. The molecule has 23 heavy (non-hydrogen) atoms. The first-order valence-electron chi connectivity index (χ1n) is 6.94. The zero-order valence-corrected chi connectivity index (χ0v) is 12.8. The fourth-order valence-electron chi connectivity index (χ4n) is 1.91. The summed E-state index contributed by atoms with van der Waals surface area (Å²) in [5.74, 6) is -0.298. The van der Waals surface area contributed by atoms with Crippen molar-refractivity contribution in [1.82, 2.24) is 0 Å². The Morgan fingerprint density at radius 1 is 1.09 bits per heavy atom. The number of carbonyl (C=O) groups is 2. The van der Waals surface area contributed by atoms with E-state index in [9.17, 15) is 9.59 Å². The van der Waals surface area contributed by atoms with Crippen LogP contribution in [0, 0.1) is 0 Å². The number of hydrogen-bond donors (Lipinski definition) is 2. The standard InChI is InChI=1S/C17H17NO5/c1-11(23-15-8-4-7-14(10-15)22-2)16(19)18-13-6-3-5-12(9-13)17(20)21/h3-11H,1-2H3,(H,18,19)(H,20,21). The Balaban J connectivity index is 2.02. The van der Waals surface area contributed by atoms with Crippen LogP contribution in [0.5, 0.6) is 11.5 Å². The lowest BCUT2D eigenvalue weighted by atomic mass is 10.2. The normalized spacial score (nSPS) is 11.4. The lowest BCUT2D eigenvalue weighted by Crippen LogP contribution is -2.30. The number of ether oxygens (including phenoxy) is 2. The van der Waals surface area contributed by atoms with E-state index in [2.05, 4.69) is 5.32 Å². The van der Waals surface area contributed by atoms with E-state index < -0.39 is 12.1 Å². The zero-order chi connectivity index (χ0) is 16.8. The van der Waals surface area contributed by atoms with Gasteiger partial charge in [0.25, 0.3) is 5.91 Å². The second-order valence-corrected chi connectivity index (χ2v) is 4.81. The van der Waals surface area contributed by atoms with Crippen molar-refractivity contribution in [3.63, 3.8) is 0 Å². The van der Waals surface area contributed by atoms with Crippen LogP contribution in [-0.4, -0.2) is 30.2 Å². The topological polar surface area (TPSA) is 84.9 Å². The predicted octanol–water partition coefficient (Wildman–Crippen LogP) is 2.80. The van der Waals surface area contributed by atoms with E-state index in [0.717, 1.165) is 0 Å². The summed E-state index contributed by atoms with van der Waals surface area (Å²) in [7, 11) is 1.55. The fraction of sp³-hybridized carbons (Fsp3) is 0.176. The van der Waals surface area contributed by atoms with Gasteiger partial charge in [0.15, 0.2) is 6.10 Å². The summed E-state index contributed by atoms with van der Waals surface area (Å²) < 4.78 is 10.7. The molecule has 0 aromatic heterocycles. The van der Waals surface area contributed by atoms with Gasteiger partial charge in [0, 0.05) is 11.8 Å². The predicted molar refractivity (Wildman–Crippen MR) is 85.1 cm³/mol. The van der Waals surface area contributed by atoms with Gasteiger partial charge in [-0.05, 0) is 37.3 Å². The molecule has 0 fully saturated rings. The van der Waals surface area contributed by atoms with Crippen LogP contribution in [0.1, 0.15) is 17.3 Å². The molecule has 1 atom stereocenters. The summed E-state index contributed by atoms with van der Waals surface area (Å²) in [6.07, 6.45) is -0.754. The molecule has 120 valence electrons. The summed E-state index contributed by atoms with van der Waals surface area (Å²) >= 11 is 0. The summed E-state index contributed by atoms with van der Waals surface area (Å²) in [6.45, 7) is 1.61. The van der Waals surface area contributed by atoms with Crippen molar-refractivity contribution < 1.29 is 24.2 Å². The molecule has 0 aliphatic heterocycles. The first-order valence-corrected chi connectivity index (χ1v) is 6.94. The molecular formula is C17H17NO5. The van der Waals surface area contributed by atoms with Crippen molar-refractivity contribution >= 4 is 17.6 Å². The smallest absolute Gasteiger partial charge is 0.335 e. The molecule has 0 aliphatic rings. The number of anilines is 1. The zero-order valence-electron chi connectivity index (χ0n) is 12.8. The molecule has 2 N–H and O–H groups in total. The minimum absolute atomic E-state index is 0.101. The number of methoxy groups -OCH3 is 1. The molecule has 0 heterocycles. The summed E-state index contributed by atoms with van der Waals surface area (Å²) in [5.41, 5.74) is 0.500. The molecule has 2 rings (SSSR count). The Hall–Kier alpha value is -3.02.